The minimum atomic E-state index is -3.97. The molecule has 3 N–H and O–H groups in total. The summed E-state index contributed by atoms with van der Waals surface area (Å²) in [6.45, 7) is 5.61. The Balaban J connectivity index is 1.48. The van der Waals surface area contributed by atoms with E-state index in [1.54, 1.807) is 15.9 Å². The Morgan fingerprint density at radius 1 is 0.941 bits per heavy atom. The van der Waals surface area contributed by atoms with Crippen molar-refractivity contribution in [3.63, 3.8) is 0 Å². The van der Waals surface area contributed by atoms with Gasteiger partial charge in [-0.2, -0.15) is 0 Å². The average Bonchev–Trinajstić information content (AvgIpc) is 2.83. The van der Waals surface area contributed by atoms with E-state index in [0.717, 1.165) is 11.3 Å². The number of nitrogens with zero attached hydrogens (tertiary/aromatic N) is 3. The Hall–Kier alpha value is -3.15. The normalized spacial score (nSPS) is 16.9. The first-order chi connectivity index (χ1) is 16.2. The summed E-state index contributed by atoms with van der Waals surface area (Å²) in [6.07, 6.45) is 0. The van der Waals surface area contributed by atoms with Crippen molar-refractivity contribution in [2.24, 2.45) is 5.14 Å². The summed E-state index contributed by atoms with van der Waals surface area (Å²) in [6, 6.07) is 11.7. The second-order valence-electron chi connectivity index (χ2n) is 8.40. The summed E-state index contributed by atoms with van der Waals surface area (Å²) in [5.41, 5.74) is 2.70. The lowest BCUT2D eigenvalue weighted by molar-refractivity contribution is 0.0671. The minimum Gasteiger partial charge on any atom is -0.378 e. The van der Waals surface area contributed by atoms with E-state index in [1.165, 1.54) is 12.1 Å². The summed E-state index contributed by atoms with van der Waals surface area (Å²) < 4.78 is 29.3. The van der Waals surface area contributed by atoms with Gasteiger partial charge >= 0.3 is 6.03 Å². The molecule has 0 aliphatic carbocycles. The van der Waals surface area contributed by atoms with Gasteiger partial charge in [-0.05, 0) is 42.8 Å². The number of ether oxygens (including phenoxy) is 1. The van der Waals surface area contributed by atoms with Crippen molar-refractivity contribution in [3.8, 4) is 0 Å². The molecule has 2 aliphatic heterocycles. The zero-order valence-corrected chi connectivity index (χ0v) is 19.9. The number of urea groups is 1. The Morgan fingerprint density at radius 3 is 2.26 bits per heavy atom. The van der Waals surface area contributed by atoms with E-state index < -0.39 is 10.0 Å². The molecule has 2 aliphatic rings. The molecule has 34 heavy (non-hydrogen) atoms. The van der Waals surface area contributed by atoms with E-state index in [-0.39, 0.29) is 22.4 Å². The number of aryl methyl sites for hydroxylation is 1. The highest BCUT2D eigenvalue weighted by Crippen LogP contribution is 2.27. The van der Waals surface area contributed by atoms with Crippen LogP contribution in [0.1, 0.15) is 15.9 Å². The van der Waals surface area contributed by atoms with Gasteiger partial charge in [0, 0.05) is 50.6 Å². The van der Waals surface area contributed by atoms with Crippen LogP contribution in [0.3, 0.4) is 0 Å². The van der Waals surface area contributed by atoms with Gasteiger partial charge < -0.3 is 24.8 Å². The molecule has 2 saturated heterocycles. The number of amides is 3. The van der Waals surface area contributed by atoms with Crippen molar-refractivity contribution < 1.29 is 22.7 Å². The van der Waals surface area contributed by atoms with Gasteiger partial charge in [-0.3, -0.25) is 4.79 Å². The molecule has 0 saturated carbocycles. The van der Waals surface area contributed by atoms with E-state index in [2.05, 4.69) is 5.32 Å². The number of nitrogens with two attached hydrogens (primary N) is 1. The Kier molecular flexibility index (Phi) is 7.05. The molecule has 182 valence electrons. The van der Waals surface area contributed by atoms with E-state index >= 15 is 0 Å². The fourth-order valence-corrected chi connectivity index (χ4v) is 4.69. The maximum absolute atomic E-state index is 13.5. The van der Waals surface area contributed by atoms with Crippen LogP contribution in [0.5, 0.6) is 0 Å². The molecule has 0 radical (unpaired) electrons. The molecule has 2 fully saturated rings. The lowest BCUT2D eigenvalue weighted by Gasteiger charge is -2.36. The molecule has 3 amide bonds. The molecule has 11 heteroatoms. The summed E-state index contributed by atoms with van der Waals surface area (Å²) in [5.74, 6) is -0.286. The zero-order chi connectivity index (χ0) is 24.3. The van der Waals surface area contributed by atoms with Crippen molar-refractivity contribution in [2.45, 2.75) is 11.8 Å². The number of carbonyl (C=O) groups excluding carboxylic acids is 2. The van der Waals surface area contributed by atoms with Crippen LogP contribution in [-0.2, 0) is 14.8 Å². The van der Waals surface area contributed by atoms with E-state index in [0.29, 0.717) is 58.2 Å². The Labute approximate surface area is 199 Å². The zero-order valence-electron chi connectivity index (χ0n) is 19.1. The third-order valence-corrected chi connectivity index (χ3v) is 6.91. The van der Waals surface area contributed by atoms with Gasteiger partial charge in [0.25, 0.3) is 5.91 Å². The highest BCUT2D eigenvalue weighted by atomic mass is 32.2. The van der Waals surface area contributed by atoms with Crippen molar-refractivity contribution in [2.75, 3.05) is 62.7 Å². The number of nitrogens with one attached hydrogen (secondary N) is 1. The van der Waals surface area contributed by atoms with Crippen LogP contribution in [0.2, 0.25) is 0 Å². The highest BCUT2D eigenvalue weighted by molar-refractivity contribution is 7.89. The second-order valence-corrected chi connectivity index (χ2v) is 9.96. The minimum absolute atomic E-state index is 0.107. The van der Waals surface area contributed by atoms with E-state index in [9.17, 15) is 18.0 Å². The standard InChI is InChI=1S/C23H29N5O5S/c1-17-3-2-4-18(15-17)25-23(30)28-9-7-27(8-10-28)22(29)20-16-19(34(24,31)32)5-6-21(20)26-11-13-33-14-12-26/h2-6,15-16H,7-14H2,1H3,(H,25,30)(H2,24,31,32). The van der Waals surface area contributed by atoms with Crippen molar-refractivity contribution in [1.29, 1.82) is 0 Å². The predicted molar refractivity (Wildman–Crippen MR) is 129 cm³/mol. The molecule has 0 bridgehead atoms. The number of benzene rings is 2. The highest BCUT2D eigenvalue weighted by Gasteiger charge is 2.29. The molecule has 2 aromatic carbocycles. The van der Waals surface area contributed by atoms with E-state index in [1.807, 2.05) is 36.1 Å². The van der Waals surface area contributed by atoms with Gasteiger partial charge in [-0.1, -0.05) is 12.1 Å². The molecule has 10 nitrogen and oxygen atoms in total. The quantitative estimate of drug-likeness (QED) is 0.673. The van der Waals surface area contributed by atoms with Gasteiger partial charge in [0.1, 0.15) is 0 Å². The SMILES string of the molecule is Cc1cccc(NC(=O)N2CCN(C(=O)c3cc(S(N)(=O)=O)ccc3N3CCOCC3)CC2)c1. The molecule has 0 spiro atoms. The molecular formula is C23H29N5O5S. The Bertz CT molecular complexity index is 1170. The fourth-order valence-electron chi connectivity index (χ4n) is 4.15. The van der Waals surface area contributed by atoms with Crippen LogP contribution < -0.4 is 15.4 Å². The number of primary sulfonamides is 1. The van der Waals surface area contributed by atoms with Gasteiger partial charge in [-0.15, -0.1) is 0 Å². The third-order valence-electron chi connectivity index (χ3n) is 6.00. The number of hydrogen-bond acceptors (Lipinski definition) is 6. The number of rotatable bonds is 4. The fraction of sp³-hybridized carbons (Fsp3) is 0.391. The first kappa shape index (κ1) is 24.0. The lowest BCUT2D eigenvalue weighted by Crippen LogP contribution is -2.52. The smallest absolute Gasteiger partial charge is 0.321 e. The van der Waals surface area contributed by atoms with Gasteiger partial charge in [0.2, 0.25) is 10.0 Å². The molecular weight excluding hydrogens is 458 g/mol. The summed E-state index contributed by atoms with van der Waals surface area (Å²) in [4.78, 5) is 31.3. The first-order valence-corrected chi connectivity index (χ1v) is 12.7. The molecule has 0 unspecified atom stereocenters. The number of morpholine rings is 1. The van der Waals surface area contributed by atoms with Crippen LogP contribution >= 0.6 is 0 Å². The van der Waals surface area contributed by atoms with Crippen LogP contribution in [0.15, 0.2) is 47.4 Å². The topological polar surface area (TPSA) is 125 Å². The van der Waals surface area contributed by atoms with Crippen LogP contribution in [0, 0.1) is 6.92 Å². The van der Waals surface area contributed by atoms with E-state index in [4.69, 9.17) is 9.88 Å². The maximum atomic E-state index is 13.5. The molecule has 0 aromatic heterocycles. The first-order valence-electron chi connectivity index (χ1n) is 11.1. The van der Waals surface area contributed by atoms with Gasteiger partial charge in [0.15, 0.2) is 0 Å². The molecule has 0 atom stereocenters. The van der Waals surface area contributed by atoms with Gasteiger partial charge in [-0.25, -0.2) is 18.4 Å². The second kappa shape index (κ2) is 10.00. The Morgan fingerprint density at radius 2 is 1.62 bits per heavy atom. The van der Waals surface area contributed by atoms with Crippen LogP contribution in [-0.4, -0.2) is 82.6 Å². The maximum Gasteiger partial charge on any atom is 0.321 e. The largest absolute Gasteiger partial charge is 0.378 e. The van der Waals surface area contributed by atoms with Crippen LogP contribution in [0.25, 0.3) is 0 Å². The average molecular weight is 488 g/mol. The monoisotopic (exact) mass is 487 g/mol. The third kappa shape index (κ3) is 5.49. The predicted octanol–water partition coefficient (Wildman–Crippen LogP) is 1.47. The van der Waals surface area contributed by atoms with Crippen molar-refractivity contribution in [1.82, 2.24) is 9.80 Å². The summed E-state index contributed by atoms with van der Waals surface area (Å²) in [7, 11) is -3.97. The molecule has 2 heterocycles. The van der Waals surface area contributed by atoms with Crippen molar-refractivity contribution in [3.05, 3.63) is 53.6 Å². The molecule has 2 aromatic rings. The van der Waals surface area contributed by atoms with Crippen molar-refractivity contribution >= 4 is 33.3 Å². The number of hydrogen-bond donors (Lipinski definition) is 2. The van der Waals surface area contributed by atoms with Gasteiger partial charge in [0.05, 0.1) is 23.7 Å². The molecule has 4 rings (SSSR count). The number of sulfonamides is 1. The van der Waals surface area contributed by atoms with Crippen LogP contribution in [0.4, 0.5) is 16.2 Å². The lowest BCUT2D eigenvalue weighted by atomic mass is 10.1. The summed E-state index contributed by atoms with van der Waals surface area (Å²) >= 11 is 0. The number of anilines is 2. The summed E-state index contributed by atoms with van der Waals surface area (Å²) in [5, 5.41) is 8.21. The number of piperazine rings is 1. The number of carbonyl (C=O) groups is 2.